The fourth-order valence-corrected chi connectivity index (χ4v) is 2.43. The maximum atomic E-state index is 5.47. The van der Waals surface area contributed by atoms with Gasteiger partial charge in [-0.3, -0.25) is 4.99 Å². The molecule has 0 atom stereocenters. The molecule has 0 aromatic heterocycles. The van der Waals surface area contributed by atoms with Gasteiger partial charge in [-0.1, -0.05) is 42.5 Å². The van der Waals surface area contributed by atoms with E-state index in [9.17, 15) is 0 Å². The summed E-state index contributed by atoms with van der Waals surface area (Å²) in [5, 5.41) is 2.33. The van der Waals surface area contributed by atoms with E-state index in [1.54, 1.807) is 7.11 Å². The first-order valence-electron chi connectivity index (χ1n) is 6.94. The third-order valence-electron chi connectivity index (χ3n) is 3.49. The summed E-state index contributed by atoms with van der Waals surface area (Å²) in [7, 11) is 1.69. The molecule has 0 saturated heterocycles. The Balaban J connectivity index is 2.10. The molecule has 3 aromatic carbocycles. The van der Waals surface area contributed by atoms with Crippen molar-refractivity contribution in [2.24, 2.45) is 4.99 Å². The molecular formula is C19H17NO. The molecule has 0 fully saturated rings. The van der Waals surface area contributed by atoms with Crippen LogP contribution in [0.3, 0.4) is 0 Å². The molecular weight excluding hydrogens is 258 g/mol. The Hall–Kier alpha value is -2.61. The van der Waals surface area contributed by atoms with Crippen LogP contribution in [0.15, 0.2) is 65.7 Å². The first-order valence-corrected chi connectivity index (χ1v) is 6.94. The van der Waals surface area contributed by atoms with Crippen LogP contribution in [0.5, 0.6) is 5.75 Å². The van der Waals surface area contributed by atoms with Crippen LogP contribution in [-0.4, -0.2) is 13.3 Å². The summed E-state index contributed by atoms with van der Waals surface area (Å²) in [4.78, 5) is 4.59. The molecule has 0 amide bonds. The molecule has 0 spiro atoms. The number of aryl methyl sites for hydroxylation is 1. The lowest BCUT2D eigenvalue weighted by Crippen LogP contribution is -1.92. The fourth-order valence-electron chi connectivity index (χ4n) is 2.43. The predicted octanol–water partition coefficient (Wildman–Crippen LogP) is 4.91. The molecule has 2 heteroatoms. The standard InChI is InChI=1S/C19H17NO/c1-14-6-5-8-16(12-14)20-13-18-17-9-4-3-7-15(17)10-11-19(18)21-2/h3-13H,1-2H3. The SMILES string of the molecule is COc1ccc2ccccc2c1C=Nc1cccc(C)c1. The number of rotatable bonds is 3. The molecule has 0 bridgehead atoms. The summed E-state index contributed by atoms with van der Waals surface area (Å²) in [6, 6.07) is 20.5. The van der Waals surface area contributed by atoms with Gasteiger partial charge in [-0.05, 0) is 41.5 Å². The van der Waals surface area contributed by atoms with Crippen LogP contribution >= 0.6 is 0 Å². The van der Waals surface area contributed by atoms with Crippen LogP contribution in [0, 0.1) is 6.92 Å². The summed E-state index contributed by atoms with van der Waals surface area (Å²) < 4.78 is 5.47. The van der Waals surface area contributed by atoms with E-state index in [4.69, 9.17) is 4.74 Å². The lowest BCUT2D eigenvalue weighted by atomic mass is 10.0. The molecule has 0 saturated carbocycles. The molecule has 0 radical (unpaired) electrons. The van der Waals surface area contributed by atoms with Gasteiger partial charge in [0, 0.05) is 11.8 Å². The van der Waals surface area contributed by atoms with E-state index in [-0.39, 0.29) is 0 Å². The Labute approximate surface area is 124 Å². The van der Waals surface area contributed by atoms with E-state index in [0.717, 1.165) is 22.4 Å². The highest BCUT2D eigenvalue weighted by Gasteiger charge is 2.05. The van der Waals surface area contributed by atoms with Gasteiger partial charge in [0.2, 0.25) is 0 Å². The quantitative estimate of drug-likeness (QED) is 0.622. The van der Waals surface area contributed by atoms with Gasteiger partial charge >= 0.3 is 0 Å². The maximum Gasteiger partial charge on any atom is 0.128 e. The zero-order chi connectivity index (χ0) is 14.7. The van der Waals surface area contributed by atoms with Gasteiger partial charge in [-0.25, -0.2) is 0 Å². The smallest absolute Gasteiger partial charge is 0.128 e. The van der Waals surface area contributed by atoms with Crippen molar-refractivity contribution in [1.82, 2.24) is 0 Å². The lowest BCUT2D eigenvalue weighted by molar-refractivity contribution is 0.415. The predicted molar refractivity (Wildman–Crippen MR) is 88.9 cm³/mol. The minimum atomic E-state index is 0.838. The van der Waals surface area contributed by atoms with E-state index < -0.39 is 0 Å². The summed E-state index contributed by atoms with van der Waals surface area (Å²) in [6.07, 6.45) is 1.88. The number of hydrogen-bond acceptors (Lipinski definition) is 2. The molecule has 0 aliphatic heterocycles. The minimum Gasteiger partial charge on any atom is -0.496 e. The summed E-state index contributed by atoms with van der Waals surface area (Å²) >= 11 is 0. The van der Waals surface area contributed by atoms with E-state index in [1.807, 2.05) is 36.5 Å². The van der Waals surface area contributed by atoms with E-state index in [0.29, 0.717) is 0 Å². The molecule has 3 aromatic rings. The van der Waals surface area contributed by atoms with Crippen molar-refractivity contribution in [1.29, 1.82) is 0 Å². The largest absolute Gasteiger partial charge is 0.496 e. The normalized spacial score (nSPS) is 11.1. The number of fused-ring (bicyclic) bond motifs is 1. The molecule has 0 aliphatic carbocycles. The van der Waals surface area contributed by atoms with Crippen molar-refractivity contribution >= 4 is 22.7 Å². The van der Waals surface area contributed by atoms with Gasteiger partial charge in [0.1, 0.15) is 5.75 Å². The Bertz CT molecular complexity index is 806. The molecule has 3 rings (SSSR count). The molecule has 0 unspecified atom stereocenters. The maximum absolute atomic E-state index is 5.47. The van der Waals surface area contributed by atoms with Crippen molar-refractivity contribution in [3.8, 4) is 5.75 Å². The summed E-state index contributed by atoms with van der Waals surface area (Å²) in [6.45, 7) is 2.07. The third-order valence-corrected chi connectivity index (χ3v) is 3.49. The molecule has 0 aliphatic rings. The molecule has 2 nitrogen and oxygen atoms in total. The number of hydrogen-bond donors (Lipinski definition) is 0. The first kappa shape index (κ1) is 13.4. The van der Waals surface area contributed by atoms with Crippen molar-refractivity contribution in [3.63, 3.8) is 0 Å². The fraction of sp³-hybridized carbons (Fsp3) is 0.105. The average molecular weight is 275 g/mol. The minimum absolute atomic E-state index is 0.838. The summed E-state index contributed by atoms with van der Waals surface area (Å²) in [5.74, 6) is 0.838. The van der Waals surface area contributed by atoms with Crippen molar-refractivity contribution in [3.05, 3.63) is 71.8 Å². The van der Waals surface area contributed by atoms with Crippen LogP contribution in [0.1, 0.15) is 11.1 Å². The molecule has 0 heterocycles. The van der Waals surface area contributed by atoms with Crippen molar-refractivity contribution in [2.45, 2.75) is 6.92 Å². The molecule has 0 N–H and O–H groups in total. The Morgan fingerprint density at radius 2 is 1.81 bits per heavy atom. The Morgan fingerprint density at radius 3 is 2.62 bits per heavy atom. The van der Waals surface area contributed by atoms with Crippen molar-refractivity contribution < 1.29 is 4.74 Å². The van der Waals surface area contributed by atoms with E-state index in [1.165, 1.54) is 10.9 Å². The number of benzene rings is 3. The second kappa shape index (κ2) is 5.80. The van der Waals surface area contributed by atoms with Crippen LogP contribution in [0.4, 0.5) is 5.69 Å². The molecule has 21 heavy (non-hydrogen) atoms. The second-order valence-electron chi connectivity index (χ2n) is 5.00. The van der Waals surface area contributed by atoms with E-state index >= 15 is 0 Å². The van der Waals surface area contributed by atoms with Crippen LogP contribution < -0.4 is 4.74 Å². The van der Waals surface area contributed by atoms with E-state index in [2.05, 4.69) is 42.2 Å². The first-order chi connectivity index (χ1) is 10.3. The highest BCUT2D eigenvalue weighted by Crippen LogP contribution is 2.27. The number of aliphatic imine (C=N–C) groups is 1. The lowest BCUT2D eigenvalue weighted by Gasteiger charge is -2.08. The van der Waals surface area contributed by atoms with Gasteiger partial charge in [-0.15, -0.1) is 0 Å². The third kappa shape index (κ3) is 2.79. The second-order valence-corrected chi connectivity index (χ2v) is 5.00. The zero-order valence-corrected chi connectivity index (χ0v) is 12.2. The summed E-state index contributed by atoms with van der Waals surface area (Å²) in [5.41, 5.74) is 3.16. The number of methoxy groups -OCH3 is 1. The van der Waals surface area contributed by atoms with Crippen LogP contribution in [0.25, 0.3) is 10.8 Å². The van der Waals surface area contributed by atoms with Crippen LogP contribution in [-0.2, 0) is 0 Å². The van der Waals surface area contributed by atoms with Crippen LogP contribution in [0.2, 0.25) is 0 Å². The van der Waals surface area contributed by atoms with Gasteiger partial charge in [-0.2, -0.15) is 0 Å². The Morgan fingerprint density at radius 1 is 0.952 bits per heavy atom. The van der Waals surface area contributed by atoms with Crippen molar-refractivity contribution in [2.75, 3.05) is 7.11 Å². The highest BCUT2D eigenvalue weighted by atomic mass is 16.5. The highest BCUT2D eigenvalue weighted by molar-refractivity contribution is 6.03. The topological polar surface area (TPSA) is 21.6 Å². The molecule has 104 valence electrons. The number of nitrogens with zero attached hydrogens (tertiary/aromatic N) is 1. The zero-order valence-electron chi connectivity index (χ0n) is 12.2. The Kier molecular flexibility index (Phi) is 3.69. The van der Waals surface area contributed by atoms with Gasteiger partial charge < -0.3 is 4.74 Å². The van der Waals surface area contributed by atoms with Gasteiger partial charge in [0.25, 0.3) is 0 Å². The van der Waals surface area contributed by atoms with Gasteiger partial charge in [0.05, 0.1) is 12.8 Å². The monoisotopic (exact) mass is 275 g/mol. The number of ether oxygens (including phenoxy) is 1. The average Bonchev–Trinajstić information content (AvgIpc) is 2.52. The van der Waals surface area contributed by atoms with Gasteiger partial charge in [0.15, 0.2) is 0 Å².